The van der Waals surface area contributed by atoms with Crippen molar-refractivity contribution in [1.29, 1.82) is 0 Å². The van der Waals surface area contributed by atoms with Gasteiger partial charge in [-0.2, -0.15) is 0 Å². The van der Waals surface area contributed by atoms with Gasteiger partial charge in [0.05, 0.1) is 0 Å². The second kappa shape index (κ2) is 24.2. The Labute approximate surface area is 332 Å². The summed E-state index contributed by atoms with van der Waals surface area (Å²) in [7, 11) is 0. The molecule has 324 valence electrons. The van der Waals surface area contributed by atoms with Crippen LogP contribution in [0.5, 0.6) is 0 Å². The summed E-state index contributed by atoms with van der Waals surface area (Å²) in [5.74, 6) is -1.85. The van der Waals surface area contributed by atoms with Gasteiger partial charge in [0.2, 0.25) is 17.7 Å². The van der Waals surface area contributed by atoms with Crippen LogP contribution in [0.15, 0.2) is 0 Å². The van der Waals surface area contributed by atoms with Crippen molar-refractivity contribution < 1.29 is 52.5 Å². The van der Waals surface area contributed by atoms with Gasteiger partial charge in [-0.05, 0) is 141 Å². The molecule has 0 aromatic heterocycles. The second-order valence-corrected chi connectivity index (χ2v) is 17.5. The van der Waals surface area contributed by atoms with Gasteiger partial charge in [-0.1, -0.05) is 0 Å². The van der Waals surface area contributed by atoms with Gasteiger partial charge in [-0.15, -0.1) is 0 Å². The van der Waals surface area contributed by atoms with E-state index in [4.69, 9.17) is 24.7 Å². The van der Waals surface area contributed by atoms with Gasteiger partial charge in [0.25, 0.3) is 0 Å². The van der Waals surface area contributed by atoms with E-state index in [9.17, 15) is 33.6 Å². The zero-order valence-corrected chi connectivity index (χ0v) is 35.8. The summed E-state index contributed by atoms with van der Waals surface area (Å²) in [6.07, 6.45) is 0.651. The van der Waals surface area contributed by atoms with Crippen LogP contribution in [0.3, 0.4) is 0 Å². The molecule has 0 radical (unpaired) electrons. The molecule has 0 aliphatic carbocycles. The number of nitrogens with one attached hydrogen (secondary N) is 6. The van der Waals surface area contributed by atoms with Gasteiger partial charge in [0.15, 0.2) is 0 Å². The number of carbonyl (C=O) groups is 7. The fourth-order valence-corrected chi connectivity index (χ4v) is 4.76. The molecule has 0 aromatic rings. The number of hydrogen-bond acceptors (Lipinski definition) is 11. The summed E-state index contributed by atoms with van der Waals surface area (Å²) in [5, 5.41) is 15.9. The lowest BCUT2D eigenvalue weighted by Crippen LogP contribution is -2.53. The molecule has 0 saturated heterocycles. The smallest absolute Gasteiger partial charge is 0.408 e. The molecule has 0 bridgehead atoms. The Balaban J connectivity index is 5.23. The molecule has 0 aliphatic rings. The predicted octanol–water partition coefficient (Wildman–Crippen LogP) is 4.42. The number of carbonyl (C=O) groups excluding carboxylic acids is 7. The first-order chi connectivity index (χ1) is 25.6. The average Bonchev–Trinajstić information content (AvgIpc) is 2.98. The fraction of sp³-hybridized carbons (Fsp3) is 0.816. The average molecular weight is 802 g/mol. The first kappa shape index (κ1) is 51.5. The highest BCUT2D eigenvalue weighted by molar-refractivity contribution is 5.90. The standard InChI is InChI=1S/C38H71N7O11/c1-35(2,3)53-31(49)41-23-17-14-20-26(44-33(51)55-37(7,8)9)29(47)40-22-16-13-19-25(28(39)46)43-30(48)27(45-34(52)56-38(10,11)12)21-15-18-24-42-32(50)54-36(4,5)6/h25-27H,13-24H2,1-12H3,(H2,39,46)(H,40,47)(H,41,49)(H,42,50)(H,43,48)(H,44,51)(H,45,52)/t25-,26-,27-/m0/s1. The topological polar surface area (TPSA) is 255 Å². The number of ether oxygens (including phenoxy) is 4. The zero-order chi connectivity index (χ0) is 43.3. The Morgan fingerprint density at radius 3 is 1.05 bits per heavy atom. The first-order valence-electron chi connectivity index (χ1n) is 19.4. The highest BCUT2D eigenvalue weighted by atomic mass is 16.6. The summed E-state index contributed by atoms with van der Waals surface area (Å²) < 4.78 is 21.1. The Hall–Kier alpha value is -4.51. The van der Waals surface area contributed by atoms with E-state index in [0.29, 0.717) is 45.1 Å². The van der Waals surface area contributed by atoms with Crippen LogP contribution in [-0.2, 0) is 33.3 Å². The molecule has 56 heavy (non-hydrogen) atoms. The maximum atomic E-state index is 13.3. The number of alkyl carbamates (subject to hydrolysis) is 4. The Morgan fingerprint density at radius 1 is 0.411 bits per heavy atom. The second-order valence-electron chi connectivity index (χ2n) is 17.5. The van der Waals surface area contributed by atoms with Crippen molar-refractivity contribution in [2.75, 3.05) is 19.6 Å². The quantitative estimate of drug-likeness (QED) is 0.0632. The molecule has 8 N–H and O–H groups in total. The van der Waals surface area contributed by atoms with Gasteiger partial charge in [0.1, 0.15) is 40.5 Å². The SMILES string of the molecule is CC(C)(C)OC(=O)NCCCC[C@H](NC(=O)OC(C)(C)C)C(=O)NCCCC[C@H](NC(=O)[C@H](CCCCNC(=O)OC(C)(C)C)NC(=O)OC(C)(C)C)C(N)=O. The van der Waals surface area contributed by atoms with Crippen molar-refractivity contribution in [3.05, 3.63) is 0 Å². The molecular formula is C38H71N7O11. The van der Waals surface area contributed by atoms with E-state index in [1.165, 1.54) is 0 Å². The highest BCUT2D eigenvalue weighted by Gasteiger charge is 2.28. The minimum Gasteiger partial charge on any atom is -0.444 e. The van der Waals surface area contributed by atoms with Crippen LogP contribution in [0.4, 0.5) is 19.2 Å². The summed E-state index contributed by atoms with van der Waals surface area (Å²) in [6, 6.07) is -3.03. The number of nitrogens with two attached hydrogens (primary N) is 1. The van der Waals surface area contributed by atoms with Crippen molar-refractivity contribution in [2.45, 2.75) is 181 Å². The summed E-state index contributed by atoms with van der Waals surface area (Å²) >= 11 is 0. The Morgan fingerprint density at radius 2 is 0.714 bits per heavy atom. The van der Waals surface area contributed by atoms with E-state index in [0.717, 1.165) is 0 Å². The molecule has 0 spiro atoms. The number of amides is 7. The maximum absolute atomic E-state index is 13.3. The van der Waals surface area contributed by atoms with Crippen molar-refractivity contribution in [3.8, 4) is 0 Å². The summed E-state index contributed by atoms with van der Waals surface area (Å²) in [5.41, 5.74) is 2.74. The minimum absolute atomic E-state index is 0.153. The van der Waals surface area contributed by atoms with E-state index in [1.54, 1.807) is 83.1 Å². The maximum Gasteiger partial charge on any atom is 0.408 e. The summed E-state index contributed by atoms with van der Waals surface area (Å²) in [4.78, 5) is 87.7. The molecular weight excluding hydrogens is 730 g/mol. The molecule has 0 aliphatic heterocycles. The number of hydrogen-bond donors (Lipinski definition) is 7. The first-order valence-corrected chi connectivity index (χ1v) is 19.4. The molecule has 0 fully saturated rings. The largest absolute Gasteiger partial charge is 0.444 e. The molecule has 18 heteroatoms. The molecule has 7 amide bonds. The normalized spacial score (nSPS) is 13.5. The van der Waals surface area contributed by atoms with Crippen LogP contribution >= 0.6 is 0 Å². The lowest BCUT2D eigenvalue weighted by molar-refractivity contribution is -0.128. The molecule has 0 heterocycles. The van der Waals surface area contributed by atoms with Crippen LogP contribution in [-0.4, -0.2) is 102 Å². The van der Waals surface area contributed by atoms with E-state index in [1.807, 2.05) is 0 Å². The van der Waals surface area contributed by atoms with Crippen molar-refractivity contribution in [3.63, 3.8) is 0 Å². The lowest BCUT2D eigenvalue weighted by Gasteiger charge is -2.25. The van der Waals surface area contributed by atoms with Crippen LogP contribution in [0, 0.1) is 0 Å². The van der Waals surface area contributed by atoms with E-state index < -0.39 is 82.6 Å². The zero-order valence-electron chi connectivity index (χ0n) is 35.8. The van der Waals surface area contributed by atoms with Gasteiger partial charge in [0, 0.05) is 19.6 Å². The molecule has 0 rings (SSSR count). The fourth-order valence-electron chi connectivity index (χ4n) is 4.76. The van der Waals surface area contributed by atoms with Gasteiger partial charge < -0.3 is 56.6 Å². The minimum atomic E-state index is -1.06. The molecule has 0 unspecified atom stereocenters. The number of unbranched alkanes of at least 4 members (excludes halogenated alkanes) is 3. The van der Waals surface area contributed by atoms with Crippen molar-refractivity contribution in [1.82, 2.24) is 31.9 Å². The summed E-state index contributed by atoms with van der Waals surface area (Å²) in [6.45, 7) is 21.5. The van der Waals surface area contributed by atoms with Crippen LogP contribution in [0.1, 0.15) is 141 Å². The molecule has 3 atom stereocenters. The van der Waals surface area contributed by atoms with Gasteiger partial charge in [-0.25, -0.2) is 19.2 Å². The Bertz CT molecular complexity index is 1280. The van der Waals surface area contributed by atoms with E-state index in [-0.39, 0.29) is 32.4 Å². The molecule has 18 nitrogen and oxygen atoms in total. The number of rotatable bonds is 21. The monoisotopic (exact) mass is 802 g/mol. The van der Waals surface area contributed by atoms with Crippen molar-refractivity contribution >= 4 is 42.1 Å². The van der Waals surface area contributed by atoms with Gasteiger partial charge in [-0.3, -0.25) is 14.4 Å². The molecule has 0 aromatic carbocycles. The molecule has 0 saturated carbocycles. The van der Waals surface area contributed by atoms with Gasteiger partial charge >= 0.3 is 24.4 Å². The third-order valence-corrected chi connectivity index (χ3v) is 7.07. The van der Waals surface area contributed by atoms with Crippen LogP contribution in [0.25, 0.3) is 0 Å². The van der Waals surface area contributed by atoms with E-state index in [2.05, 4.69) is 31.9 Å². The van der Waals surface area contributed by atoms with Crippen molar-refractivity contribution in [2.24, 2.45) is 5.73 Å². The third kappa shape index (κ3) is 28.9. The van der Waals surface area contributed by atoms with E-state index >= 15 is 0 Å². The van der Waals surface area contributed by atoms with Crippen LogP contribution < -0.4 is 37.6 Å². The predicted molar refractivity (Wildman–Crippen MR) is 210 cm³/mol. The number of primary amides is 1. The highest BCUT2D eigenvalue weighted by Crippen LogP contribution is 2.12. The lowest BCUT2D eigenvalue weighted by atomic mass is 10.1. The Kier molecular flexibility index (Phi) is 22.2. The van der Waals surface area contributed by atoms with Crippen LogP contribution in [0.2, 0.25) is 0 Å². The third-order valence-electron chi connectivity index (χ3n) is 7.07.